The fourth-order valence-corrected chi connectivity index (χ4v) is 3.79. The predicted molar refractivity (Wildman–Crippen MR) is 134 cm³/mol. The van der Waals surface area contributed by atoms with Gasteiger partial charge in [-0.3, -0.25) is 0 Å². The minimum Gasteiger partial charge on any atom is -0.489 e. The van der Waals surface area contributed by atoms with Crippen LogP contribution in [0, 0.1) is 6.92 Å². The van der Waals surface area contributed by atoms with E-state index in [-0.39, 0.29) is 18.4 Å². The summed E-state index contributed by atoms with van der Waals surface area (Å²) >= 11 is 0. The number of nitrogens with one attached hydrogen (secondary N) is 1. The normalized spacial score (nSPS) is 12.7. The van der Waals surface area contributed by atoms with Gasteiger partial charge in [0, 0.05) is 18.2 Å². The van der Waals surface area contributed by atoms with E-state index in [1.165, 1.54) is 10.9 Å². The molecule has 4 rings (SSSR count). The van der Waals surface area contributed by atoms with Crippen molar-refractivity contribution in [1.82, 2.24) is 5.32 Å². The van der Waals surface area contributed by atoms with Gasteiger partial charge >= 0.3 is 0 Å². The van der Waals surface area contributed by atoms with Gasteiger partial charge < -0.3 is 15.2 Å². The summed E-state index contributed by atoms with van der Waals surface area (Å²) in [5.74, 6) is 0.869. The molecule has 4 aromatic carbocycles. The highest BCUT2D eigenvalue weighted by Gasteiger charge is 2.17. The van der Waals surface area contributed by atoms with Crippen molar-refractivity contribution < 1.29 is 9.84 Å². The highest BCUT2D eigenvalue weighted by atomic mass is 35.5. The topological polar surface area (TPSA) is 41.5 Å². The summed E-state index contributed by atoms with van der Waals surface area (Å²) in [7, 11) is 0. The lowest BCUT2D eigenvalue weighted by Gasteiger charge is -2.22. The van der Waals surface area contributed by atoms with Crippen molar-refractivity contribution in [3.63, 3.8) is 0 Å². The Kier molecular flexibility index (Phi) is 8.29. The van der Waals surface area contributed by atoms with E-state index in [0.29, 0.717) is 13.2 Å². The molecule has 2 N–H and O–H groups in total. The summed E-state index contributed by atoms with van der Waals surface area (Å²) in [6.07, 6.45) is -0.576. The molecule has 0 heterocycles. The van der Waals surface area contributed by atoms with Crippen LogP contribution < -0.4 is 10.1 Å². The first-order valence-corrected chi connectivity index (χ1v) is 10.8. The number of halogens is 1. The van der Waals surface area contributed by atoms with E-state index in [2.05, 4.69) is 60.8 Å². The molecule has 0 aliphatic heterocycles. The average Bonchev–Trinajstić information content (AvgIpc) is 2.82. The van der Waals surface area contributed by atoms with Crippen LogP contribution in [0.25, 0.3) is 10.8 Å². The Bertz CT molecular complexity index is 1130. The van der Waals surface area contributed by atoms with Crippen LogP contribution in [0.4, 0.5) is 0 Å². The molecule has 0 bridgehead atoms. The van der Waals surface area contributed by atoms with Crippen LogP contribution in [-0.2, 0) is 13.2 Å². The molecule has 0 aliphatic carbocycles. The van der Waals surface area contributed by atoms with Gasteiger partial charge in [-0.15, -0.1) is 12.4 Å². The average molecular weight is 448 g/mol. The molecule has 2 unspecified atom stereocenters. The second-order valence-corrected chi connectivity index (χ2v) is 8.06. The first-order valence-electron chi connectivity index (χ1n) is 10.8. The summed E-state index contributed by atoms with van der Waals surface area (Å²) in [4.78, 5) is 0. The first-order chi connectivity index (χ1) is 15.1. The number of hydrogen-bond acceptors (Lipinski definition) is 3. The van der Waals surface area contributed by atoms with Crippen molar-refractivity contribution >= 4 is 23.2 Å². The zero-order valence-corrected chi connectivity index (χ0v) is 19.3. The van der Waals surface area contributed by atoms with E-state index in [9.17, 15) is 5.11 Å². The molecule has 2 atom stereocenters. The highest BCUT2D eigenvalue weighted by molar-refractivity contribution is 5.87. The molecule has 0 amide bonds. The lowest BCUT2D eigenvalue weighted by atomic mass is 10.0. The van der Waals surface area contributed by atoms with Crippen LogP contribution in [0.5, 0.6) is 5.75 Å². The molecular formula is C28H30ClNO2. The molecule has 3 nitrogen and oxygen atoms in total. The number of ether oxygens (including phenoxy) is 1. The molecule has 4 heteroatoms. The van der Waals surface area contributed by atoms with Crippen LogP contribution in [0.3, 0.4) is 0 Å². The Morgan fingerprint density at radius 1 is 0.844 bits per heavy atom. The maximum Gasteiger partial charge on any atom is 0.124 e. The van der Waals surface area contributed by atoms with E-state index >= 15 is 0 Å². The van der Waals surface area contributed by atoms with Crippen molar-refractivity contribution in [2.45, 2.75) is 39.1 Å². The Morgan fingerprint density at radius 2 is 1.53 bits per heavy atom. The molecule has 0 aromatic heterocycles. The van der Waals surface area contributed by atoms with Gasteiger partial charge in [0.25, 0.3) is 0 Å². The van der Waals surface area contributed by atoms with Gasteiger partial charge in [-0.1, -0.05) is 90.5 Å². The second kappa shape index (κ2) is 11.1. The van der Waals surface area contributed by atoms with Gasteiger partial charge in [0.05, 0.1) is 6.10 Å². The summed E-state index contributed by atoms with van der Waals surface area (Å²) in [6, 6.07) is 30.6. The van der Waals surface area contributed by atoms with E-state index in [1.54, 1.807) is 0 Å². The third-order valence-electron chi connectivity index (χ3n) is 5.73. The molecular weight excluding hydrogens is 418 g/mol. The van der Waals surface area contributed by atoms with Crippen LogP contribution in [0.15, 0.2) is 91.0 Å². The second-order valence-electron chi connectivity index (χ2n) is 8.06. The quantitative estimate of drug-likeness (QED) is 0.330. The zero-order chi connectivity index (χ0) is 21.6. The third-order valence-corrected chi connectivity index (χ3v) is 5.73. The minimum atomic E-state index is -0.576. The standard InChI is InChI=1S/C28H29NO2.ClH/c1-20-12-14-22(15-13-20)19-31-27-17-16-23-8-6-7-11-25(23)26(27)18-29-21(2)28(30)24-9-4-3-5-10-24;/h3-17,21,28-30H,18-19H2,1-2H3;1H. The van der Waals surface area contributed by atoms with Gasteiger partial charge in [0.1, 0.15) is 12.4 Å². The third kappa shape index (κ3) is 5.68. The smallest absolute Gasteiger partial charge is 0.124 e. The fourth-order valence-electron chi connectivity index (χ4n) is 3.79. The molecule has 166 valence electrons. The monoisotopic (exact) mass is 447 g/mol. The Labute approximate surface area is 196 Å². The number of hydrogen-bond donors (Lipinski definition) is 2. The van der Waals surface area contributed by atoms with E-state index in [4.69, 9.17) is 4.74 Å². The van der Waals surface area contributed by atoms with Crippen molar-refractivity contribution in [3.8, 4) is 5.75 Å². The molecule has 0 saturated carbocycles. The summed E-state index contributed by atoms with van der Waals surface area (Å²) < 4.78 is 6.25. The number of aliphatic hydroxyl groups excluding tert-OH is 1. The molecule has 4 aromatic rings. The molecule has 0 radical (unpaired) electrons. The van der Waals surface area contributed by atoms with E-state index in [0.717, 1.165) is 27.8 Å². The van der Waals surface area contributed by atoms with Crippen molar-refractivity contribution in [2.24, 2.45) is 0 Å². The minimum absolute atomic E-state index is 0. The van der Waals surface area contributed by atoms with E-state index < -0.39 is 6.10 Å². The Hall–Kier alpha value is -2.85. The maximum atomic E-state index is 10.7. The molecule has 0 saturated heterocycles. The van der Waals surface area contributed by atoms with Gasteiger partial charge in [0.15, 0.2) is 0 Å². The lowest BCUT2D eigenvalue weighted by molar-refractivity contribution is 0.135. The van der Waals surface area contributed by atoms with Crippen molar-refractivity contribution in [3.05, 3.63) is 113 Å². The fraction of sp³-hybridized carbons (Fsp3) is 0.214. The number of rotatable bonds is 8. The number of fused-ring (bicyclic) bond motifs is 1. The van der Waals surface area contributed by atoms with Crippen molar-refractivity contribution in [1.29, 1.82) is 0 Å². The van der Waals surface area contributed by atoms with Crippen LogP contribution in [0.1, 0.15) is 35.3 Å². The van der Waals surface area contributed by atoms with Crippen molar-refractivity contribution in [2.75, 3.05) is 0 Å². The zero-order valence-electron chi connectivity index (χ0n) is 18.5. The molecule has 0 spiro atoms. The van der Waals surface area contributed by atoms with Gasteiger partial charge in [-0.25, -0.2) is 0 Å². The number of aliphatic hydroxyl groups is 1. The SMILES string of the molecule is Cc1ccc(COc2ccc3ccccc3c2CNC(C)C(O)c2ccccc2)cc1.Cl. The summed E-state index contributed by atoms with van der Waals surface area (Å²) in [5.41, 5.74) is 4.41. The van der Waals surface area contributed by atoms with Crippen LogP contribution >= 0.6 is 12.4 Å². The van der Waals surface area contributed by atoms with Gasteiger partial charge in [-0.2, -0.15) is 0 Å². The van der Waals surface area contributed by atoms with E-state index in [1.807, 2.05) is 49.4 Å². The first kappa shape index (κ1) is 23.8. The van der Waals surface area contributed by atoms with Gasteiger partial charge in [-0.05, 0) is 41.8 Å². The predicted octanol–water partition coefficient (Wildman–Crippen LogP) is 6.36. The molecule has 0 aliphatic rings. The molecule has 0 fully saturated rings. The molecule has 32 heavy (non-hydrogen) atoms. The summed E-state index contributed by atoms with van der Waals surface area (Å²) in [5, 5.41) is 16.6. The Balaban J connectivity index is 0.00000289. The summed E-state index contributed by atoms with van der Waals surface area (Å²) in [6.45, 7) is 5.22. The highest BCUT2D eigenvalue weighted by Crippen LogP contribution is 2.29. The van der Waals surface area contributed by atoms with Crippen LogP contribution in [0.2, 0.25) is 0 Å². The Morgan fingerprint density at radius 3 is 2.28 bits per heavy atom. The maximum absolute atomic E-state index is 10.7. The number of aryl methyl sites for hydroxylation is 1. The van der Waals surface area contributed by atoms with Crippen LogP contribution in [-0.4, -0.2) is 11.1 Å². The van der Waals surface area contributed by atoms with Gasteiger partial charge in [0.2, 0.25) is 0 Å². The lowest BCUT2D eigenvalue weighted by Crippen LogP contribution is -2.31. The largest absolute Gasteiger partial charge is 0.489 e. The number of benzene rings is 4.